The predicted octanol–water partition coefficient (Wildman–Crippen LogP) is 12.5. The van der Waals surface area contributed by atoms with E-state index < -0.39 is 112 Å². The fraction of sp³-hybridized carbons (Fsp3) is 1.00. The molecule has 0 rings (SSSR count). The van der Waals surface area contributed by atoms with Crippen LogP contribution >= 0.6 is 22.6 Å². The Kier molecular flexibility index (Phi) is 12.7. The van der Waals surface area contributed by atoms with Crippen molar-refractivity contribution in [2.45, 2.75) is 107 Å². The van der Waals surface area contributed by atoms with Gasteiger partial charge in [-0.1, -0.05) is 22.6 Å². The van der Waals surface area contributed by atoms with Gasteiger partial charge in [0.1, 0.15) is 0 Å². The SMILES string of the molecule is FC(F)(F)C(F)(F)C(F)(F)C(F)(F)C(F)(F)C(F)(F)C(F)(F)C(F)(F)C(F)(F)C(F)(F)C(F)(F)C(F)(F)C(F)(F)C(F)(F)C(F)(F)C(F)(F)C(F)(F)CCI. The molecule has 0 spiro atoms. The molecule has 0 aliphatic rings. The van der Waals surface area contributed by atoms with Gasteiger partial charge in [-0.2, -0.15) is 154 Å². The Morgan fingerprint density at radius 3 is 0.455 bits per heavy atom. The van der Waals surface area contributed by atoms with Crippen LogP contribution in [0.3, 0.4) is 0 Å². The van der Waals surface area contributed by atoms with E-state index in [1.54, 1.807) is 0 Å². The van der Waals surface area contributed by atoms with Crippen LogP contribution in [0, 0.1) is 0 Å². The smallest absolute Gasteiger partial charge is 0.200 e. The maximum atomic E-state index is 13.9. The number of rotatable bonds is 17. The van der Waals surface area contributed by atoms with E-state index in [0.29, 0.717) is 22.6 Å². The van der Waals surface area contributed by atoms with E-state index in [-0.39, 0.29) is 0 Å². The maximum absolute atomic E-state index is 13.9. The molecule has 0 fully saturated rings. The van der Waals surface area contributed by atoms with Gasteiger partial charge >= 0.3 is 101 Å². The van der Waals surface area contributed by atoms with Crippen LogP contribution in [0.25, 0.3) is 0 Å². The minimum Gasteiger partial charge on any atom is -0.200 e. The third-order valence-corrected chi connectivity index (χ3v) is 7.28. The molecule has 0 saturated heterocycles. The largest absolute Gasteiger partial charge is 0.460 e. The van der Waals surface area contributed by atoms with Crippen molar-refractivity contribution < 1.29 is 154 Å². The molecule has 0 bridgehead atoms. The molecule has 0 aromatic rings. The summed E-state index contributed by atoms with van der Waals surface area (Å²) in [6.07, 6.45) is -11.3. The van der Waals surface area contributed by atoms with E-state index in [1.807, 2.05) is 0 Å². The maximum Gasteiger partial charge on any atom is 0.460 e. The lowest BCUT2D eigenvalue weighted by molar-refractivity contribution is -0.492. The van der Waals surface area contributed by atoms with Gasteiger partial charge in [0.25, 0.3) is 0 Å². The highest BCUT2D eigenvalue weighted by atomic mass is 127. The van der Waals surface area contributed by atoms with Crippen LogP contribution in [-0.4, -0.2) is 105 Å². The van der Waals surface area contributed by atoms with Crippen LogP contribution in [0.15, 0.2) is 0 Å². The molecule has 0 nitrogen and oxygen atoms in total. The molecule has 332 valence electrons. The Bertz CT molecular complexity index is 1380. The van der Waals surface area contributed by atoms with Crippen molar-refractivity contribution in [2.24, 2.45) is 0 Å². The lowest BCUT2D eigenvalue weighted by atomic mass is 9.82. The molecule has 0 saturated carbocycles. The molecular weight excluding hydrogens is 1020 g/mol. The van der Waals surface area contributed by atoms with Crippen molar-refractivity contribution in [1.82, 2.24) is 0 Å². The fourth-order valence-corrected chi connectivity index (χ4v) is 3.92. The quantitative estimate of drug-likeness (QED) is 0.0774. The van der Waals surface area contributed by atoms with E-state index in [4.69, 9.17) is 0 Å². The van der Waals surface area contributed by atoms with Gasteiger partial charge in [-0.25, -0.2) is 0 Å². The normalized spacial score (nSPS) is 17.2. The number of halogens is 36. The summed E-state index contributed by atoms with van der Waals surface area (Å²) in [5, 5.41) is 0. The van der Waals surface area contributed by atoms with E-state index in [1.165, 1.54) is 0 Å². The summed E-state index contributed by atoms with van der Waals surface area (Å²) in [6, 6.07) is 0. The average Bonchev–Trinajstić information content (AvgIpc) is 2.94. The first kappa shape index (κ1) is 53.3. The van der Waals surface area contributed by atoms with E-state index in [0.717, 1.165) is 0 Å². The molecule has 0 amide bonds. The Balaban J connectivity index is 7.79. The molecule has 0 aromatic heterocycles. The Hall–Kier alpha value is -1.72. The summed E-state index contributed by atoms with van der Waals surface area (Å²) >= 11 is 0.479. The fourth-order valence-electron chi connectivity index (χ4n) is 3.25. The second kappa shape index (κ2) is 13.1. The standard InChI is InChI=1S/C19H4F35I/c20-3(21,1-2-55)4(22,23)5(24,25)6(26,27)7(28,29)8(30,31)9(32,33)10(34,35)11(36,37)12(38,39)13(40,41)14(42,43)15(44,45)16(46,47)17(48,49)18(50,51)19(52,53)54/h1-2H2. The molecule has 0 heterocycles. The Morgan fingerprint density at radius 1 is 0.200 bits per heavy atom. The molecule has 0 N–H and O–H groups in total. The first-order chi connectivity index (χ1) is 23.1. The molecule has 0 radical (unpaired) electrons. The van der Waals surface area contributed by atoms with Crippen molar-refractivity contribution in [3.63, 3.8) is 0 Å². The second-order valence-electron chi connectivity index (χ2n) is 10.3. The summed E-state index contributed by atoms with van der Waals surface area (Å²) in [5.74, 6) is -153. The number of hydrogen-bond donors (Lipinski definition) is 0. The summed E-state index contributed by atoms with van der Waals surface area (Å²) in [5.41, 5.74) is 0. The summed E-state index contributed by atoms with van der Waals surface area (Å²) in [4.78, 5) is 0. The predicted molar refractivity (Wildman–Crippen MR) is 109 cm³/mol. The lowest BCUT2D eigenvalue weighted by Gasteiger charge is -2.47. The lowest BCUT2D eigenvalue weighted by Crippen LogP contribution is -2.80. The molecule has 36 heteroatoms. The van der Waals surface area contributed by atoms with E-state index in [2.05, 4.69) is 0 Å². The van der Waals surface area contributed by atoms with Gasteiger partial charge in [0.05, 0.1) is 0 Å². The van der Waals surface area contributed by atoms with Gasteiger partial charge in [0.2, 0.25) is 0 Å². The van der Waals surface area contributed by atoms with Crippen LogP contribution in [0.2, 0.25) is 0 Å². The minimum absolute atomic E-state index is 0.479. The van der Waals surface area contributed by atoms with Crippen LogP contribution in [0.5, 0.6) is 0 Å². The summed E-state index contributed by atoms with van der Waals surface area (Å²) in [6.45, 7) is 0. The average molecular weight is 1020 g/mol. The van der Waals surface area contributed by atoms with Gasteiger partial charge in [0, 0.05) is 10.8 Å². The van der Waals surface area contributed by atoms with Gasteiger partial charge in [0.15, 0.2) is 0 Å². The molecule has 0 atom stereocenters. The highest BCUT2D eigenvalue weighted by molar-refractivity contribution is 14.1. The van der Waals surface area contributed by atoms with Gasteiger partial charge in [-0.3, -0.25) is 0 Å². The van der Waals surface area contributed by atoms with Gasteiger partial charge in [-0.05, 0) is 0 Å². The number of alkyl halides is 36. The summed E-state index contributed by atoms with van der Waals surface area (Å²) in [7, 11) is 0. The van der Waals surface area contributed by atoms with Crippen molar-refractivity contribution in [3.05, 3.63) is 0 Å². The Morgan fingerprint density at radius 2 is 0.327 bits per heavy atom. The highest BCUT2D eigenvalue weighted by Crippen LogP contribution is 2.70. The van der Waals surface area contributed by atoms with Crippen molar-refractivity contribution in [2.75, 3.05) is 4.43 Å². The van der Waals surface area contributed by atoms with E-state index >= 15 is 0 Å². The molecule has 0 aliphatic carbocycles. The zero-order chi connectivity index (χ0) is 45.9. The number of hydrogen-bond acceptors (Lipinski definition) is 0. The zero-order valence-electron chi connectivity index (χ0n) is 23.5. The molecule has 0 aliphatic heterocycles. The van der Waals surface area contributed by atoms with Crippen molar-refractivity contribution in [1.29, 1.82) is 0 Å². The first-order valence-electron chi connectivity index (χ1n) is 11.7. The van der Waals surface area contributed by atoms with Crippen LogP contribution in [0.4, 0.5) is 154 Å². The third-order valence-electron chi connectivity index (χ3n) is 6.74. The molecule has 0 unspecified atom stereocenters. The monoisotopic (exact) mass is 1020 g/mol. The molecule has 0 aromatic carbocycles. The van der Waals surface area contributed by atoms with Crippen LogP contribution in [-0.2, 0) is 0 Å². The topological polar surface area (TPSA) is 0 Å². The highest BCUT2D eigenvalue weighted by Gasteiger charge is 3.02. The zero-order valence-corrected chi connectivity index (χ0v) is 25.7. The minimum atomic E-state index is -10.3. The van der Waals surface area contributed by atoms with Gasteiger partial charge in [-0.15, -0.1) is 0 Å². The van der Waals surface area contributed by atoms with Crippen LogP contribution in [0.1, 0.15) is 6.42 Å². The molecule has 55 heavy (non-hydrogen) atoms. The van der Waals surface area contributed by atoms with Crippen molar-refractivity contribution >= 4 is 22.6 Å². The first-order valence-corrected chi connectivity index (χ1v) is 13.3. The second-order valence-corrected chi connectivity index (χ2v) is 11.3. The van der Waals surface area contributed by atoms with Gasteiger partial charge < -0.3 is 0 Å². The van der Waals surface area contributed by atoms with Crippen LogP contribution < -0.4 is 0 Å². The third kappa shape index (κ3) is 6.18. The molecular formula is C19H4F35I. The Labute approximate surface area is 288 Å². The van der Waals surface area contributed by atoms with Crippen molar-refractivity contribution in [3.8, 4) is 0 Å². The van der Waals surface area contributed by atoms with E-state index in [9.17, 15) is 154 Å². The summed E-state index contributed by atoms with van der Waals surface area (Å²) < 4.78 is 470.